The molecule has 0 aliphatic carbocycles. The molecular formula is C17H26ClNO3. The molecular weight excluding hydrogens is 302 g/mol. The van der Waals surface area contributed by atoms with E-state index in [0.29, 0.717) is 13.2 Å². The second-order valence-corrected chi connectivity index (χ2v) is 6.58. The molecule has 1 saturated heterocycles. The van der Waals surface area contributed by atoms with Crippen LogP contribution >= 0.6 is 12.4 Å². The van der Waals surface area contributed by atoms with Crippen LogP contribution < -0.4 is 5.32 Å². The molecule has 1 aromatic rings. The Kier molecular flexibility index (Phi) is 6.85. The highest BCUT2D eigenvalue weighted by Crippen LogP contribution is 2.22. The number of benzene rings is 1. The Morgan fingerprint density at radius 2 is 1.91 bits per heavy atom. The van der Waals surface area contributed by atoms with Crippen molar-refractivity contribution in [3.8, 4) is 0 Å². The van der Waals surface area contributed by atoms with Crippen LogP contribution in [-0.4, -0.2) is 30.8 Å². The highest BCUT2D eigenvalue weighted by Gasteiger charge is 2.37. The first-order valence-corrected chi connectivity index (χ1v) is 7.48. The molecule has 1 heterocycles. The molecule has 4 nitrogen and oxygen atoms in total. The fraction of sp³-hybridized carbons (Fsp3) is 0.588. The molecule has 124 valence electrons. The van der Waals surface area contributed by atoms with Gasteiger partial charge < -0.3 is 14.8 Å². The van der Waals surface area contributed by atoms with Crippen LogP contribution in [0.2, 0.25) is 0 Å². The summed E-state index contributed by atoms with van der Waals surface area (Å²) in [7, 11) is 0. The minimum absolute atomic E-state index is 0. The van der Waals surface area contributed by atoms with E-state index in [1.165, 1.54) is 5.56 Å². The van der Waals surface area contributed by atoms with Gasteiger partial charge in [-0.05, 0) is 33.3 Å². The molecule has 0 spiro atoms. The van der Waals surface area contributed by atoms with Gasteiger partial charge in [0.1, 0.15) is 5.60 Å². The fourth-order valence-corrected chi connectivity index (χ4v) is 2.49. The summed E-state index contributed by atoms with van der Waals surface area (Å²) in [5.41, 5.74) is 0.738. The molecule has 1 aliphatic rings. The minimum Gasteiger partial charge on any atom is -0.460 e. The van der Waals surface area contributed by atoms with Crippen molar-refractivity contribution in [3.05, 3.63) is 35.9 Å². The van der Waals surface area contributed by atoms with E-state index in [9.17, 15) is 4.79 Å². The highest BCUT2D eigenvalue weighted by atomic mass is 35.5. The summed E-state index contributed by atoms with van der Waals surface area (Å²) in [4.78, 5) is 12.2. The molecule has 1 N–H and O–H groups in total. The van der Waals surface area contributed by atoms with E-state index in [4.69, 9.17) is 9.47 Å². The van der Waals surface area contributed by atoms with Gasteiger partial charge in [-0.1, -0.05) is 30.3 Å². The predicted octanol–water partition coefficient (Wildman–Crippen LogP) is 3.12. The number of hydrogen-bond acceptors (Lipinski definition) is 4. The number of hydrogen-bond donors (Lipinski definition) is 1. The van der Waals surface area contributed by atoms with Gasteiger partial charge in [0, 0.05) is 12.1 Å². The number of carbonyl (C=O) groups excluding carboxylic acids is 1. The zero-order valence-electron chi connectivity index (χ0n) is 13.7. The Balaban J connectivity index is 0.00000242. The number of esters is 1. The molecule has 0 bridgehead atoms. The lowest BCUT2D eigenvalue weighted by molar-refractivity contribution is -0.160. The lowest BCUT2D eigenvalue weighted by atomic mass is 10.0. The van der Waals surface area contributed by atoms with Gasteiger partial charge in [0.05, 0.1) is 19.1 Å². The van der Waals surface area contributed by atoms with Gasteiger partial charge in [-0.3, -0.25) is 4.79 Å². The van der Waals surface area contributed by atoms with Crippen LogP contribution in [0.1, 0.15) is 39.3 Å². The Bertz CT molecular complexity index is 473. The second-order valence-electron chi connectivity index (χ2n) is 6.58. The zero-order chi connectivity index (χ0) is 15.5. The van der Waals surface area contributed by atoms with Gasteiger partial charge in [-0.25, -0.2) is 0 Å². The van der Waals surface area contributed by atoms with Gasteiger partial charge in [0.2, 0.25) is 0 Å². The number of ether oxygens (including phenoxy) is 2. The van der Waals surface area contributed by atoms with Crippen LogP contribution in [0.5, 0.6) is 0 Å². The van der Waals surface area contributed by atoms with Gasteiger partial charge in [-0.2, -0.15) is 0 Å². The summed E-state index contributed by atoms with van der Waals surface area (Å²) in [5.74, 6) is -0.423. The molecule has 0 amide bonds. The summed E-state index contributed by atoms with van der Waals surface area (Å²) in [6.45, 7) is 8.72. The minimum atomic E-state index is -0.463. The normalized spacial score (nSPS) is 22.7. The smallest absolute Gasteiger partial charge is 0.313 e. The third-order valence-electron chi connectivity index (χ3n) is 3.55. The van der Waals surface area contributed by atoms with Crippen LogP contribution in [0.25, 0.3) is 0 Å². The third kappa shape index (κ3) is 5.27. The van der Waals surface area contributed by atoms with Crippen LogP contribution in [-0.2, 0) is 14.3 Å². The van der Waals surface area contributed by atoms with Crippen molar-refractivity contribution >= 4 is 18.4 Å². The van der Waals surface area contributed by atoms with E-state index >= 15 is 0 Å². The highest BCUT2D eigenvalue weighted by molar-refractivity contribution is 5.85. The van der Waals surface area contributed by atoms with Crippen molar-refractivity contribution in [2.75, 3.05) is 13.2 Å². The number of nitrogens with one attached hydrogen (secondary N) is 1. The predicted molar refractivity (Wildman–Crippen MR) is 89.2 cm³/mol. The summed E-state index contributed by atoms with van der Waals surface area (Å²) in [5, 5.41) is 3.49. The number of carbonyl (C=O) groups is 1. The topological polar surface area (TPSA) is 47.6 Å². The average molecular weight is 328 g/mol. The van der Waals surface area contributed by atoms with Gasteiger partial charge in [-0.15, -0.1) is 12.4 Å². The van der Waals surface area contributed by atoms with Crippen LogP contribution in [0.4, 0.5) is 0 Å². The maximum Gasteiger partial charge on any atom is 0.313 e. The fourth-order valence-electron chi connectivity index (χ4n) is 2.49. The molecule has 0 aromatic heterocycles. The Labute approximate surface area is 139 Å². The van der Waals surface area contributed by atoms with Crippen LogP contribution in [0.15, 0.2) is 30.3 Å². The van der Waals surface area contributed by atoms with E-state index in [1.807, 2.05) is 39.0 Å². The first kappa shape index (κ1) is 18.9. The largest absolute Gasteiger partial charge is 0.460 e. The van der Waals surface area contributed by atoms with E-state index < -0.39 is 5.60 Å². The van der Waals surface area contributed by atoms with Crippen molar-refractivity contribution in [2.24, 2.45) is 5.92 Å². The Hall–Kier alpha value is -1.10. The van der Waals surface area contributed by atoms with Crippen molar-refractivity contribution in [1.82, 2.24) is 5.32 Å². The first-order chi connectivity index (χ1) is 9.87. The van der Waals surface area contributed by atoms with Crippen molar-refractivity contribution in [2.45, 2.75) is 45.4 Å². The van der Waals surface area contributed by atoms with E-state index in [-0.39, 0.29) is 36.4 Å². The quantitative estimate of drug-likeness (QED) is 0.863. The van der Waals surface area contributed by atoms with E-state index in [1.54, 1.807) is 0 Å². The molecule has 2 rings (SSSR count). The second kappa shape index (κ2) is 7.95. The van der Waals surface area contributed by atoms with Crippen molar-refractivity contribution < 1.29 is 14.3 Å². The molecule has 1 aromatic carbocycles. The average Bonchev–Trinajstić information content (AvgIpc) is 2.86. The molecule has 3 atom stereocenters. The standard InChI is InChI=1S/C17H25NO3.ClH/c1-12(13-8-6-5-7-9-13)18-15-11-20-10-14(15)16(19)21-17(2,3)4;/h5-9,12,14-15,18H,10-11H2,1-4H3;1H/t12-,14+,15+;/m0./s1. The third-order valence-corrected chi connectivity index (χ3v) is 3.55. The van der Waals surface area contributed by atoms with E-state index in [2.05, 4.69) is 24.4 Å². The molecule has 1 fully saturated rings. The maximum atomic E-state index is 12.2. The summed E-state index contributed by atoms with van der Waals surface area (Å²) < 4.78 is 11.0. The molecule has 5 heteroatoms. The lowest BCUT2D eigenvalue weighted by Gasteiger charge is -2.26. The summed E-state index contributed by atoms with van der Waals surface area (Å²) >= 11 is 0. The van der Waals surface area contributed by atoms with Gasteiger partial charge in [0.15, 0.2) is 0 Å². The van der Waals surface area contributed by atoms with Gasteiger partial charge >= 0.3 is 5.97 Å². The van der Waals surface area contributed by atoms with Crippen molar-refractivity contribution in [3.63, 3.8) is 0 Å². The monoisotopic (exact) mass is 327 g/mol. The molecule has 0 unspecified atom stereocenters. The summed E-state index contributed by atoms with van der Waals surface area (Å²) in [6.07, 6.45) is 0. The molecule has 0 saturated carbocycles. The summed E-state index contributed by atoms with van der Waals surface area (Å²) in [6, 6.07) is 10.4. The van der Waals surface area contributed by atoms with Crippen molar-refractivity contribution in [1.29, 1.82) is 0 Å². The molecule has 1 aliphatic heterocycles. The Morgan fingerprint density at radius 1 is 1.27 bits per heavy atom. The molecule has 22 heavy (non-hydrogen) atoms. The lowest BCUT2D eigenvalue weighted by Crippen LogP contribution is -2.42. The number of rotatable bonds is 4. The maximum absolute atomic E-state index is 12.2. The van der Waals surface area contributed by atoms with Crippen LogP contribution in [0.3, 0.4) is 0 Å². The molecule has 0 radical (unpaired) electrons. The van der Waals surface area contributed by atoms with Crippen LogP contribution in [0, 0.1) is 5.92 Å². The first-order valence-electron chi connectivity index (χ1n) is 7.48. The number of halogens is 1. The zero-order valence-corrected chi connectivity index (χ0v) is 14.5. The SMILES string of the molecule is C[C@H](N[C@@H]1COC[C@H]1C(=O)OC(C)(C)C)c1ccccc1.Cl. The van der Waals surface area contributed by atoms with Gasteiger partial charge in [0.25, 0.3) is 0 Å². The van der Waals surface area contributed by atoms with E-state index in [0.717, 1.165) is 0 Å². The Morgan fingerprint density at radius 3 is 2.50 bits per heavy atom.